The Bertz CT molecular complexity index is 597. The molecule has 0 aliphatic rings. The van der Waals surface area contributed by atoms with E-state index in [0.717, 1.165) is 5.69 Å². The van der Waals surface area contributed by atoms with Crippen molar-refractivity contribution in [3.05, 3.63) is 53.1 Å². The van der Waals surface area contributed by atoms with Gasteiger partial charge < -0.3 is 15.8 Å². The summed E-state index contributed by atoms with van der Waals surface area (Å²) in [4.78, 5) is 11.7. The van der Waals surface area contributed by atoms with E-state index in [-0.39, 0.29) is 0 Å². The summed E-state index contributed by atoms with van der Waals surface area (Å²) in [5, 5.41) is 3.78. The zero-order valence-corrected chi connectivity index (χ0v) is 11.1. The van der Waals surface area contributed by atoms with Crippen LogP contribution in [0.1, 0.15) is 10.4 Å². The van der Waals surface area contributed by atoms with Crippen molar-refractivity contribution in [2.24, 2.45) is 0 Å². The standard InChI is InChI=1S/C14H13ClN2O2/c1-19-14(18)12-8-10(16)4-7-13(12)17-11-5-2-9(15)3-6-11/h2-8,17H,16H2,1H3. The monoisotopic (exact) mass is 276 g/mol. The summed E-state index contributed by atoms with van der Waals surface area (Å²) in [6.45, 7) is 0. The predicted octanol–water partition coefficient (Wildman–Crippen LogP) is 3.45. The molecule has 0 heterocycles. The van der Waals surface area contributed by atoms with Gasteiger partial charge in [-0.25, -0.2) is 4.79 Å². The highest BCUT2D eigenvalue weighted by atomic mass is 35.5. The maximum atomic E-state index is 11.7. The summed E-state index contributed by atoms with van der Waals surface area (Å²) in [5.74, 6) is -0.441. The van der Waals surface area contributed by atoms with Gasteiger partial charge in [-0.2, -0.15) is 0 Å². The molecule has 5 heteroatoms. The Balaban J connectivity index is 2.34. The zero-order valence-electron chi connectivity index (χ0n) is 10.3. The van der Waals surface area contributed by atoms with Crippen LogP contribution in [0.15, 0.2) is 42.5 Å². The van der Waals surface area contributed by atoms with Crippen LogP contribution in [0.5, 0.6) is 0 Å². The molecular weight excluding hydrogens is 264 g/mol. The zero-order chi connectivity index (χ0) is 13.8. The highest BCUT2D eigenvalue weighted by molar-refractivity contribution is 6.30. The quantitative estimate of drug-likeness (QED) is 0.666. The molecule has 0 unspecified atom stereocenters. The molecule has 2 aromatic rings. The fraction of sp³-hybridized carbons (Fsp3) is 0.0714. The van der Waals surface area contributed by atoms with E-state index in [1.807, 2.05) is 12.1 Å². The maximum Gasteiger partial charge on any atom is 0.340 e. The van der Waals surface area contributed by atoms with Gasteiger partial charge in [0.2, 0.25) is 0 Å². The molecule has 98 valence electrons. The lowest BCUT2D eigenvalue weighted by atomic mass is 10.1. The lowest BCUT2D eigenvalue weighted by Crippen LogP contribution is -2.06. The molecule has 0 aliphatic heterocycles. The second-order valence-corrected chi connectivity index (χ2v) is 4.36. The van der Waals surface area contributed by atoms with Crippen molar-refractivity contribution in [1.29, 1.82) is 0 Å². The van der Waals surface area contributed by atoms with Crippen molar-refractivity contribution in [1.82, 2.24) is 0 Å². The summed E-state index contributed by atoms with van der Waals surface area (Å²) < 4.78 is 4.73. The minimum atomic E-state index is -0.441. The van der Waals surface area contributed by atoms with Gasteiger partial charge in [0.1, 0.15) is 0 Å². The second-order valence-electron chi connectivity index (χ2n) is 3.93. The number of ether oxygens (including phenoxy) is 1. The molecule has 0 amide bonds. The Morgan fingerprint density at radius 2 is 1.89 bits per heavy atom. The minimum absolute atomic E-state index is 0.387. The van der Waals surface area contributed by atoms with Crippen LogP contribution < -0.4 is 11.1 Å². The highest BCUT2D eigenvalue weighted by Gasteiger charge is 2.12. The summed E-state index contributed by atoms with van der Waals surface area (Å²) in [6.07, 6.45) is 0. The molecule has 0 radical (unpaired) electrons. The van der Waals surface area contributed by atoms with Gasteiger partial charge in [0.25, 0.3) is 0 Å². The molecule has 19 heavy (non-hydrogen) atoms. The lowest BCUT2D eigenvalue weighted by molar-refractivity contribution is 0.0602. The number of methoxy groups -OCH3 is 1. The highest BCUT2D eigenvalue weighted by Crippen LogP contribution is 2.24. The molecular formula is C14H13ClN2O2. The van der Waals surface area contributed by atoms with E-state index in [1.54, 1.807) is 30.3 Å². The van der Waals surface area contributed by atoms with Crippen LogP contribution in [0.2, 0.25) is 5.02 Å². The first-order chi connectivity index (χ1) is 9.10. The van der Waals surface area contributed by atoms with E-state index in [9.17, 15) is 4.79 Å². The summed E-state index contributed by atoms with van der Waals surface area (Å²) in [5.41, 5.74) is 8.02. The third-order valence-corrected chi connectivity index (χ3v) is 2.82. The molecule has 0 saturated heterocycles. The van der Waals surface area contributed by atoms with Crippen LogP contribution in [-0.2, 0) is 4.74 Å². The average molecular weight is 277 g/mol. The summed E-state index contributed by atoms with van der Waals surface area (Å²) in [7, 11) is 1.33. The number of esters is 1. The number of carbonyl (C=O) groups is 1. The van der Waals surface area contributed by atoms with Gasteiger partial charge >= 0.3 is 5.97 Å². The Morgan fingerprint density at radius 1 is 1.21 bits per heavy atom. The molecule has 3 N–H and O–H groups in total. The van der Waals surface area contributed by atoms with Crippen LogP contribution in [0.3, 0.4) is 0 Å². The van der Waals surface area contributed by atoms with E-state index in [1.165, 1.54) is 7.11 Å². The second kappa shape index (κ2) is 5.63. The van der Waals surface area contributed by atoms with Crippen molar-refractivity contribution in [2.75, 3.05) is 18.2 Å². The normalized spacial score (nSPS) is 10.0. The molecule has 2 rings (SSSR count). The Kier molecular flexibility index (Phi) is 3.92. The SMILES string of the molecule is COC(=O)c1cc(N)ccc1Nc1ccc(Cl)cc1. The molecule has 0 bridgehead atoms. The fourth-order valence-electron chi connectivity index (χ4n) is 1.64. The first-order valence-electron chi connectivity index (χ1n) is 5.60. The van der Waals surface area contributed by atoms with Gasteiger partial charge in [-0.15, -0.1) is 0 Å². The predicted molar refractivity (Wildman–Crippen MR) is 76.9 cm³/mol. The number of halogens is 1. The van der Waals surface area contributed by atoms with Gasteiger partial charge in [0, 0.05) is 16.4 Å². The van der Waals surface area contributed by atoms with Crippen molar-refractivity contribution in [3.63, 3.8) is 0 Å². The van der Waals surface area contributed by atoms with Crippen molar-refractivity contribution in [2.45, 2.75) is 0 Å². The fourth-order valence-corrected chi connectivity index (χ4v) is 1.76. The first kappa shape index (κ1) is 13.2. The van der Waals surface area contributed by atoms with Crippen molar-refractivity contribution >= 4 is 34.6 Å². The number of hydrogen-bond acceptors (Lipinski definition) is 4. The number of hydrogen-bond donors (Lipinski definition) is 2. The van der Waals surface area contributed by atoms with Gasteiger partial charge in [-0.05, 0) is 42.5 Å². The van der Waals surface area contributed by atoms with Gasteiger partial charge in [-0.3, -0.25) is 0 Å². The third kappa shape index (κ3) is 3.17. The van der Waals surface area contributed by atoms with E-state index < -0.39 is 5.97 Å². The molecule has 0 atom stereocenters. The number of anilines is 3. The molecule has 0 fully saturated rings. The van der Waals surface area contributed by atoms with E-state index in [0.29, 0.717) is 22.0 Å². The molecule has 0 aromatic heterocycles. The van der Waals surface area contributed by atoms with E-state index >= 15 is 0 Å². The summed E-state index contributed by atoms with van der Waals surface area (Å²) in [6, 6.07) is 12.2. The number of carbonyl (C=O) groups excluding carboxylic acids is 1. The number of nitrogens with one attached hydrogen (secondary N) is 1. The largest absolute Gasteiger partial charge is 0.465 e. The van der Waals surface area contributed by atoms with Crippen LogP contribution >= 0.6 is 11.6 Å². The van der Waals surface area contributed by atoms with Gasteiger partial charge in [-0.1, -0.05) is 11.6 Å². The number of rotatable bonds is 3. The Labute approximate surface area is 116 Å². The van der Waals surface area contributed by atoms with Crippen LogP contribution in [0.4, 0.5) is 17.1 Å². The van der Waals surface area contributed by atoms with Gasteiger partial charge in [0.05, 0.1) is 18.4 Å². The smallest absolute Gasteiger partial charge is 0.340 e. The van der Waals surface area contributed by atoms with E-state index in [2.05, 4.69) is 5.32 Å². The van der Waals surface area contributed by atoms with Crippen LogP contribution in [0, 0.1) is 0 Å². The number of nitrogen functional groups attached to an aromatic ring is 1. The third-order valence-electron chi connectivity index (χ3n) is 2.57. The Morgan fingerprint density at radius 3 is 2.53 bits per heavy atom. The molecule has 0 spiro atoms. The molecule has 0 saturated carbocycles. The van der Waals surface area contributed by atoms with Crippen molar-refractivity contribution in [3.8, 4) is 0 Å². The molecule has 2 aromatic carbocycles. The number of benzene rings is 2. The molecule has 0 aliphatic carbocycles. The van der Waals surface area contributed by atoms with Crippen LogP contribution in [0.25, 0.3) is 0 Å². The topological polar surface area (TPSA) is 64.3 Å². The van der Waals surface area contributed by atoms with E-state index in [4.69, 9.17) is 22.1 Å². The van der Waals surface area contributed by atoms with Crippen LogP contribution in [-0.4, -0.2) is 13.1 Å². The average Bonchev–Trinajstić information content (AvgIpc) is 2.42. The Hall–Kier alpha value is -2.20. The number of nitrogens with two attached hydrogens (primary N) is 1. The van der Waals surface area contributed by atoms with Gasteiger partial charge in [0.15, 0.2) is 0 Å². The van der Waals surface area contributed by atoms with Crippen molar-refractivity contribution < 1.29 is 9.53 Å². The lowest BCUT2D eigenvalue weighted by Gasteiger charge is -2.11. The molecule has 4 nitrogen and oxygen atoms in total. The maximum absolute atomic E-state index is 11.7. The summed E-state index contributed by atoms with van der Waals surface area (Å²) >= 11 is 5.82. The minimum Gasteiger partial charge on any atom is -0.465 e. The first-order valence-corrected chi connectivity index (χ1v) is 5.98.